The number of rotatable bonds is 5. The number of benzene rings is 2. The zero-order valence-electron chi connectivity index (χ0n) is 15.4. The Bertz CT molecular complexity index is 1300. The number of halogens is 2. The molecule has 0 fully saturated rings. The van der Waals surface area contributed by atoms with Gasteiger partial charge in [0.25, 0.3) is 5.91 Å². The van der Waals surface area contributed by atoms with Crippen LogP contribution in [0.15, 0.2) is 56.7 Å². The molecule has 11 nitrogen and oxygen atoms in total. The average molecular weight is 504 g/mol. The molecule has 0 unspecified atom stereocenters. The van der Waals surface area contributed by atoms with Gasteiger partial charge in [-0.05, 0) is 34.6 Å². The van der Waals surface area contributed by atoms with Crippen molar-refractivity contribution in [2.45, 2.75) is 0 Å². The summed E-state index contributed by atoms with van der Waals surface area (Å²) in [5, 5.41) is 29.2. The first-order valence-corrected chi connectivity index (χ1v) is 9.73. The molecule has 13 heteroatoms. The summed E-state index contributed by atoms with van der Waals surface area (Å²) >= 11 is 9.63. The third-order valence-corrected chi connectivity index (χ3v) is 4.89. The van der Waals surface area contributed by atoms with Crippen molar-refractivity contribution in [2.24, 2.45) is 5.10 Å². The number of carbonyl (C=O) groups excluding carboxylic acids is 1. The van der Waals surface area contributed by atoms with E-state index < -0.39 is 5.91 Å². The molecule has 0 atom stereocenters. The smallest absolute Gasteiger partial charge is 0.294 e. The SMILES string of the molecule is Nc1nonc1-n1nnc(C(=O)N/N=C/c2cc(Br)ccc2O)c1-c1ccccc1Cl. The second-order valence-electron chi connectivity index (χ2n) is 6.05. The molecule has 2 heterocycles. The maximum absolute atomic E-state index is 12.8. The quantitative estimate of drug-likeness (QED) is 0.277. The second-order valence-corrected chi connectivity index (χ2v) is 7.38. The molecule has 0 spiro atoms. The number of amides is 1. The predicted molar refractivity (Wildman–Crippen MR) is 115 cm³/mol. The Balaban J connectivity index is 1.71. The number of carbonyl (C=O) groups is 1. The van der Waals surface area contributed by atoms with Crippen LogP contribution in [0.4, 0.5) is 5.82 Å². The van der Waals surface area contributed by atoms with E-state index in [0.717, 1.165) is 4.47 Å². The van der Waals surface area contributed by atoms with Crippen molar-refractivity contribution >= 4 is 45.5 Å². The molecule has 1 amide bonds. The number of nitrogen functional groups attached to an aromatic ring is 1. The number of aromatic nitrogens is 5. The molecule has 0 aliphatic carbocycles. The lowest BCUT2D eigenvalue weighted by Crippen LogP contribution is -2.19. The Morgan fingerprint density at radius 1 is 1.29 bits per heavy atom. The van der Waals surface area contributed by atoms with Gasteiger partial charge in [0.1, 0.15) is 11.4 Å². The Labute approximate surface area is 187 Å². The monoisotopic (exact) mass is 502 g/mol. The maximum atomic E-state index is 12.8. The van der Waals surface area contributed by atoms with E-state index in [9.17, 15) is 9.90 Å². The lowest BCUT2D eigenvalue weighted by Gasteiger charge is -2.07. The number of nitrogens with two attached hydrogens (primary N) is 1. The lowest BCUT2D eigenvalue weighted by atomic mass is 10.1. The van der Waals surface area contributed by atoms with Gasteiger partial charge in [0.15, 0.2) is 5.69 Å². The van der Waals surface area contributed by atoms with Crippen molar-refractivity contribution in [1.82, 2.24) is 30.7 Å². The van der Waals surface area contributed by atoms with Crippen LogP contribution in [-0.4, -0.2) is 42.5 Å². The minimum Gasteiger partial charge on any atom is -0.507 e. The molecule has 0 bridgehead atoms. The highest BCUT2D eigenvalue weighted by Crippen LogP contribution is 2.31. The van der Waals surface area contributed by atoms with Gasteiger partial charge in [-0.25, -0.2) is 10.1 Å². The number of nitrogens with zero attached hydrogens (tertiary/aromatic N) is 6. The average Bonchev–Trinajstić information content (AvgIpc) is 3.36. The van der Waals surface area contributed by atoms with Gasteiger partial charge in [0.05, 0.1) is 11.2 Å². The number of anilines is 1. The zero-order valence-corrected chi connectivity index (χ0v) is 17.7. The summed E-state index contributed by atoms with van der Waals surface area (Å²) in [4.78, 5) is 12.8. The van der Waals surface area contributed by atoms with Crippen molar-refractivity contribution in [2.75, 3.05) is 5.73 Å². The molecule has 2 aromatic carbocycles. The normalized spacial score (nSPS) is 11.2. The Kier molecular flexibility index (Phi) is 5.64. The summed E-state index contributed by atoms with van der Waals surface area (Å²) in [5.41, 5.74) is 9.10. The number of hydrogen-bond acceptors (Lipinski definition) is 9. The summed E-state index contributed by atoms with van der Waals surface area (Å²) in [6.45, 7) is 0. The van der Waals surface area contributed by atoms with Crippen molar-refractivity contribution in [1.29, 1.82) is 0 Å². The first-order valence-electron chi connectivity index (χ1n) is 8.56. The van der Waals surface area contributed by atoms with Gasteiger partial charge < -0.3 is 10.8 Å². The van der Waals surface area contributed by atoms with Gasteiger partial charge in [-0.3, -0.25) is 4.79 Å². The van der Waals surface area contributed by atoms with E-state index in [0.29, 0.717) is 16.1 Å². The molecule has 0 radical (unpaired) electrons. The number of hydrazone groups is 1. The maximum Gasteiger partial charge on any atom is 0.294 e. The third-order valence-electron chi connectivity index (χ3n) is 4.07. The van der Waals surface area contributed by atoms with Crippen molar-refractivity contribution in [3.8, 4) is 22.8 Å². The van der Waals surface area contributed by atoms with Gasteiger partial charge in [-0.1, -0.05) is 50.9 Å². The van der Waals surface area contributed by atoms with E-state index in [1.807, 2.05) is 0 Å². The van der Waals surface area contributed by atoms with E-state index in [2.05, 4.69) is 51.7 Å². The fourth-order valence-electron chi connectivity index (χ4n) is 2.66. The first kappa shape index (κ1) is 20.5. The van der Waals surface area contributed by atoms with E-state index in [1.54, 1.807) is 36.4 Å². The van der Waals surface area contributed by atoms with Crippen LogP contribution < -0.4 is 11.2 Å². The van der Waals surface area contributed by atoms with Gasteiger partial charge in [0.2, 0.25) is 11.6 Å². The van der Waals surface area contributed by atoms with Gasteiger partial charge >= 0.3 is 0 Å². The summed E-state index contributed by atoms with van der Waals surface area (Å²) in [7, 11) is 0. The van der Waals surface area contributed by atoms with Crippen molar-refractivity contribution < 1.29 is 14.5 Å². The van der Waals surface area contributed by atoms with Crippen LogP contribution in [0, 0.1) is 0 Å². The third kappa shape index (κ3) is 4.11. The van der Waals surface area contributed by atoms with E-state index >= 15 is 0 Å². The Hall–Kier alpha value is -3.77. The molecule has 2 aromatic heterocycles. The number of hydrogen-bond donors (Lipinski definition) is 3. The lowest BCUT2D eigenvalue weighted by molar-refractivity contribution is 0.0950. The summed E-state index contributed by atoms with van der Waals surface area (Å²) in [5.74, 6) is -0.683. The van der Waals surface area contributed by atoms with E-state index in [4.69, 9.17) is 17.3 Å². The summed E-state index contributed by atoms with van der Waals surface area (Å²) < 4.78 is 6.56. The minimum atomic E-state index is -0.679. The van der Waals surface area contributed by atoms with Crippen LogP contribution >= 0.6 is 27.5 Å². The molecule has 4 N–H and O–H groups in total. The van der Waals surface area contributed by atoms with Gasteiger partial charge in [-0.2, -0.15) is 9.78 Å². The summed E-state index contributed by atoms with van der Waals surface area (Å²) in [6, 6.07) is 11.6. The standard InChI is InChI=1S/C18H12BrClN8O3/c19-10-5-6-13(29)9(7-10)8-22-24-18(30)14-15(11-3-1-2-4-12(11)20)28(27-23-14)17-16(21)25-31-26-17/h1-8,29H,(H2,21,25)(H,24,30)/b22-8+. The van der Waals surface area contributed by atoms with Crippen LogP contribution in [-0.2, 0) is 0 Å². The highest BCUT2D eigenvalue weighted by molar-refractivity contribution is 9.10. The van der Waals surface area contributed by atoms with Crippen LogP contribution in [0.2, 0.25) is 5.02 Å². The highest BCUT2D eigenvalue weighted by Gasteiger charge is 2.26. The van der Waals surface area contributed by atoms with E-state index in [-0.39, 0.29) is 28.8 Å². The number of phenolic OH excluding ortho intramolecular Hbond substituents is 1. The van der Waals surface area contributed by atoms with Crippen LogP contribution in [0.3, 0.4) is 0 Å². The molecular formula is C18H12BrClN8O3. The number of aromatic hydroxyl groups is 1. The van der Waals surface area contributed by atoms with E-state index in [1.165, 1.54) is 17.0 Å². The van der Waals surface area contributed by atoms with Gasteiger partial charge in [-0.15, -0.1) is 5.10 Å². The van der Waals surface area contributed by atoms with Crippen LogP contribution in [0.1, 0.15) is 16.1 Å². The molecule has 0 aliphatic rings. The molecule has 4 rings (SSSR count). The fourth-order valence-corrected chi connectivity index (χ4v) is 3.26. The zero-order chi connectivity index (χ0) is 22.0. The molecule has 0 saturated carbocycles. The number of phenols is 1. The topological polar surface area (TPSA) is 157 Å². The van der Waals surface area contributed by atoms with Crippen LogP contribution in [0.25, 0.3) is 17.1 Å². The van der Waals surface area contributed by atoms with Crippen molar-refractivity contribution in [3.63, 3.8) is 0 Å². The first-order chi connectivity index (χ1) is 15.0. The fraction of sp³-hybridized carbons (Fsp3) is 0. The molecule has 4 aromatic rings. The Morgan fingerprint density at radius 3 is 2.84 bits per heavy atom. The second kappa shape index (κ2) is 8.53. The minimum absolute atomic E-state index is 0.00194. The van der Waals surface area contributed by atoms with Crippen molar-refractivity contribution in [3.05, 3.63) is 63.2 Å². The molecule has 0 aliphatic heterocycles. The largest absolute Gasteiger partial charge is 0.507 e. The predicted octanol–water partition coefficient (Wildman–Crippen LogP) is 2.78. The number of nitrogens with one attached hydrogen (secondary N) is 1. The molecule has 156 valence electrons. The Morgan fingerprint density at radius 2 is 2.10 bits per heavy atom. The van der Waals surface area contributed by atoms with Gasteiger partial charge in [0, 0.05) is 15.6 Å². The highest BCUT2D eigenvalue weighted by atomic mass is 79.9. The van der Waals surface area contributed by atoms with Crippen LogP contribution in [0.5, 0.6) is 5.75 Å². The molecule has 0 saturated heterocycles. The molecule has 31 heavy (non-hydrogen) atoms. The molecular weight excluding hydrogens is 492 g/mol. The summed E-state index contributed by atoms with van der Waals surface area (Å²) in [6.07, 6.45) is 1.29.